The summed E-state index contributed by atoms with van der Waals surface area (Å²) in [7, 11) is 0. The second kappa shape index (κ2) is 6.00. The van der Waals surface area contributed by atoms with Gasteiger partial charge >= 0.3 is 0 Å². The molecule has 0 saturated heterocycles. The first-order valence-corrected chi connectivity index (χ1v) is 8.73. The van der Waals surface area contributed by atoms with Crippen molar-refractivity contribution in [2.45, 2.75) is 57.9 Å². The molecule has 2 saturated carbocycles. The fraction of sp³-hybridized carbons (Fsp3) is 0.684. The fourth-order valence-corrected chi connectivity index (χ4v) is 4.52. The lowest BCUT2D eigenvalue weighted by atomic mass is 9.72. The van der Waals surface area contributed by atoms with Crippen LogP contribution in [0.1, 0.15) is 51.0 Å². The summed E-state index contributed by atoms with van der Waals surface area (Å²) in [5, 5.41) is 0. The first-order chi connectivity index (χ1) is 10.2. The van der Waals surface area contributed by atoms with E-state index in [0.717, 1.165) is 24.9 Å². The van der Waals surface area contributed by atoms with E-state index in [1.807, 2.05) is 0 Å². The second-order valence-electron chi connectivity index (χ2n) is 7.15. The highest BCUT2D eigenvalue weighted by molar-refractivity contribution is 5.55. The Kier molecular flexibility index (Phi) is 4.26. The highest BCUT2D eigenvalue weighted by atomic mass is 15.2. The topological polar surface area (TPSA) is 29.3 Å². The first-order valence-electron chi connectivity index (χ1n) is 8.73. The molecule has 2 nitrogen and oxygen atoms in total. The molecule has 1 aromatic rings. The smallest absolute Gasteiger partial charge is 0.0526 e. The number of benzene rings is 1. The summed E-state index contributed by atoms with van der Waals surface area (Å²) in [5.74, 6) is 1.92. The van der Waals surface area contributed by atoms with Crippen molar-refractivity contribution in [2.75, 3.05) is 18.0 Å². The van der Waals surface area contributed by atoms with Crippen molar-refractivity contribution < 1.29 is 0 Å². The van der Waals surface area contributed by atoms with E-state index in [2.05, 4.69) is 43.0 Å². The first kappa shape index (κ1) is 14.9. The maximum absolute atomic E-state index is 6.34. The molecule has 2 heteroatoms. The molecule has 116 valence electrons. The molecular weight excluding hydrogens is 256 g/mol. The van der Waals surface area contributed by atoms with Crippen molar-refractivity contribution in [3.8, 4) is 0 Å². The summed E-state index contributed by atoms with van der Waals surface area (Å²) in [6.45, 7) is 6.35. The number of nitrogens with zero attached hydrogens (tertiary/aromatic N) is 1. The molecule has 0 radical (unpaired) electrons. The van der Waals surface area contributed by atoms with Gasteiger partial charge in [-0.25, -0.2) is 0 Å². The van der Waals surface area contributed by atoms with Gasteiger partial charge in [0.2, 0.25) is 0 Å². The third kappa shape index (κ3) is 2.83. The van der Waals surface area contributed by atoms with Crippen LogP contribution in [0.5, 0.6) is 0 Å². The minimum atomic E-state index is 0.187. The van der Waals surface area contributed by atoms with Gasteiger partial charge in [0.05, 0.1) is 5.54 Å². The van der Waals surface area contributed by atoms with E-state index in [1.54, 1.807) is 0 Å². The molecule has 0 amide bonds. The van der Waals surface area contributed by atoms with Crippen molar-refractivity contribution in [3.05, 3.63) is 29.8 Å². The van der Waals surface area contributed by atoms with Crippen LogP contribution in [0.2, 0.25) is 0 Å². The van der Waals surface area contributed by atoms with E-state index >= 15 is 0 Å². The average molecular weight is 286 g/mol. The van der Waals surface area contributed by atoms with Gasteiger partial charge in [0, 0.05) is 18.8 Å². The fourth-order valence-electron chi connectivity index (χ4n) is 4.52. The van der Waals surface area contributed by atoms with Crippen LogP contribution in [-0.2, 0) is 0 Å². The summed E-state index contributed by atoms with van der Waals surface area (Å²) in [6, 6.07) is 8.80. The molecule has 2 N–H and O–H groups in total. The summed E-state index contributed by atoms with van der Waals surface area (Å²) in [6.07, 6.45) is 8.26. The number of hydrogen-bond acceptors (Lipinski definition) is 2. The van der Waals surface area contributed by atoms with Crippen LogP contribution in [-0.4, -0.2) is 18.6 Å². The zero-order chi connectivity index (χ0) is 14.9. The number of rotatable bonds is 5. The van der Waals surface area contributed by atoms with Gasteiger partial charge in [-0.2, -0.15) is 0 Å². The minimum Gasteiger partial charge on any atom is -0.365 e. The monoisotopic (exact) mass is 286 g/mol. The number of nitrogens with two attached hydrogens (primary N) is 1. The molecule has 2 atom stereocenters. The van der Waals surface area contributed by atoms with E-state index in [4.69, 9.17) is 5.73 Å². The molecule has 2 aliphatic carbocycles. The molecule has 0 aromatic heterocycles. The van der Waals surface area contributed by atoms with Crippen LogP contribution in [0.3, 0.4) is 0 Å². The van der Waals surface area contributed by atoms with E-state index in [0.29, 0.717) is 0 Å². The van der Waals surface area contributed by atoms with Crippen LogP contribution < -0.4 is 10.6 Å². The predicted octanol–water partition coefficient (Wildman–Crippen LogP) is 4.12. The zero-order valence-corrected chi connectivity index (χ0v) is 13.6. The Labute approximate surface area is 129 Å². The molecule has 0 bridgehead atoms. The van der Waals surface area contributed by atoms with Crippen molar-refractivity contribution in [3.63, 3.8) is 0 Å². The Balaban J connectivity index is 1.90. The van der Waals surface area contributed by atoms with Gasteiger partial charge < -0.3 is 10.6 Å². The SMILES string of the molecule is CCN(c1ccccc1C)C1(CN)CCCC(C2CC2)C1. The normalized spacial score (nSPS) is 29.4. The van der Waals surface area contributed by atoms with Crippen LogP contribution in [0.15, 0.2) is 24.3 Å². The Morgan fingerprint density at radius 2 is 1.95 bits per heavy atom. The third-order valence-electron chi connectivity index (χ3n) is 5.82. The van der Waals surface area contributed by atoms with Gasteiger partial charge in [-0.3, -0.25) is 0 Å². The largest absolute Gasteiger partial charge is 0.365 e. The van der Waals surface area contributed by atoms with Gasteiger partial charge in [-0.15, -0.1) is 0 Å². The van der Waals surface area contributed by atoms with Crippen LogP contribution in [0.25, 0.3) is 0 Å². The molecule has 21 heavy (non-hydrogen) atoms. The third-order valence-corrected chi connectivity index (χ3v) is 5.82. The lowest BCUT2D eigenvalue weighted by Crippen LogP contribution is -2.57. The van der Waals surface area contributed by atoms with Gasteiger partial charge in [0.25, 0.3) is 0 Å². The molecular formula is C19H30N2. The molecule has 2 fully saturated rings. The summed E-state index contributed by atoms with van der Waals surface area (Å²) in [4.78, 5) is 2.62. The number of aryl methyl sites for hydroxylation is 1. The number of anilines is 1. The Hall–Kier alpha value is -1.02. The minimum absolute atomic E-state index is 0.187. The van der Waals surface area contributed by atoms with E-state index in [-0.39, 0.29) is 5.54 Å². The quantitative estimate of drug-likeness (QED) is 0.882. The molecule has 3 rings (SSSR count). The highest BCUT2D eigenvalue weighted by Gasteiger charge is 2.44. The lowest BCUT2D eigenvalue weighted by Gasteiger charge is -2.50. The molecule has 0 spiro atoms. The van der Waals surface area contributed by atoms with Crippen molar-refractivity contribution in [1.82, 2.24) is 0 Å². The molecule has 2 aliphatic rings. The molecule has 1 aromatic carbocycles. The maximum atomic E-state index is 6.34. The van der Waals surface area contributed by atoms with Gasteiger partial charge in [-0.05, 0) is 63.0 Å². The molecule has 0 heterocycles. The van der Waals surface area contributed by atoms with Crippen LogP contribution in [0, 0.1) is 18.8 Å². The number of likely N-dealkylation sites (N-methyl/N-ethyl adjacent to an activating group) is 1. The van der Waals surface area contributed by atoms with Crippen LogP contribution >= 0.6 is 0 Å². The Morgan fingerprint density at radius 3 is 2.57 bits per heavy atom. The summed E-state index contributed by atoms with van der Waals surface area (Å²) < 4.78 is 0. The maximum Gasteiger partial charge on any atom is 0.0526 e. The second-order valence-corrected chi connectivity index (χ2v) is 7.15. The summed E-state index contributed by atoms with van der Waals surface area (Å²) in [5.41, 5.74) is 9.30. The highest BCUT2D eigenvalue weighted by Crippen LogP contribution is 2.48. The zero-order valence-electron chi connectivity index (χ0n) is 13.6. The van der Waals surface area contributed by atoms with Gasteiger partial charge in [0.1, 0.15) is 0 Å². The van der Waals surface area contributed by atoms with Crippen molar-refractivity contribution in [2.24, 2.45) is 17.6 Å². The van der Waals surface area contributed by atoms with E-state index in [9.17, 15) is 0 Å². The van der Waals surface area contributed by atoms with Crippen molar-refractivity contribution >= 4 is 5.69 Å². The van der Waals surface area contributed by atoms with Gasteiger partial charge in [0.15, 0.2) is 0 Å². The standard InChI is InChI=1S/C19H30N2/c1-3-21(18-9-5-4-7-15(18)2)19(14-20)12-6-8-17(13-19)16-10-11-16/h4-5,7,9,16-17H,3,6,8,10-14,20H2,1-2H3. The number of para-hydroxylation sites is 1. The lowest BCUT2D eigenvalue weighted by molar-refractivity contribution is 0.199. The number of hydrogen-bond donors (Lipinski definition) is 1. The van der Waals surface area contributed by atoms with Crippen LogP contribution in [0.4, 0.5) is 5.69 Å². The Morgan fingerprint density at radius 1 is 1.19 bits per heavy atom. The van der Waals surface area contributed by atoms with E-state index in [1.165, 1.54) is 49.8 Å². The predicted molar refractivity (Wildman–Crippen MR) is 90.7 cm³/mol. The van der Waals surface area contributed by atoms with E-state index < -0.39 is 0 Å². The average Bonchev–Trinajstić information content (AvgIpc) is 3.35. The van der Waals surface area contributed by atoms with Crippen molar-refractivity contribution in [1.29, 1.82) is 0 Å². The summed E-state index contributed by atoms with van der Waals surface area (Å²) >= 11 is 0. The molecule has 0 aliphatic heterocycles. The Bertz CT molecular complexity index is 480. The van der Waals surface area contributed by atoms with Gasteiger partial charge in [-0.1, -0.05) is 31.0 Å². The molecule has 2 unspecified atom stereocenters.